The topological polar surface area (TPSA) is 80.6 Å². The number of benzene rings is 1. The van der Waals surface area contributed by atoms with E-state index in [1.54, 1.807) is 30.3 Å². The summed E-state index contributed by atoms with van der Waals surface area (Å²) in [5.74, 6) is 0.144. The number of rotatable bonds is 6. The molecule has 1 aromatic carbocycles. The Bertz CT molecular complexity index is 680. The summed E-state index contributed by atoms with van der Waals surface area (Å²) >= 11 is 0. The van der Waals surface area contributed by atoms with Crippen molar-refractivity contribution >= 4 is 23.2 Å². The van der Waals surface area contributed by atoms with Crippen LogP contribution in [-0.4, -0.2) is 18.9 Å². The van der Waals surface area contributed by atoms with Crippen molar-refractivity contribution in [3.8, 4) is 5.75 Å². The number of anilines is 2. The van der Waals surface area contributed by atoms with E-state index in [2.05, 4.69) is 10.6 Å². The SMILES string of the molecule is CC[C@@H](C)C(=O)Nc1ccc(OC)c(NC(=O)c2ccco2)c1. The van der Waals surface area contributed by atoms with Crippen LogP contribution in [0, 0.1) is 5.92 Å². The Balaban J connectivity index is 2.18. The average molecular weight is 316 g/mol. The third-order valence-corrected chi connectivity index (χ3v) is 3.52. The van der Waals surface area contributed by atoms with Crippen molar-refractivity contribution in [2.24, 2.45) is 5.92 Å². The fraction of sp³-hybridized carbons (Fsp3) is 0.294. The zero-order valence-corrected chi connectivity index (χ0v) is 13.4. The smallest absolute Gasteiger partial charge is 0.291 e. The molecular formula is C17H20N2O4. The molecule has 1 aromatic heterocycles. The minimum absolute atomic E-state index is 0.0685. The first-order valence-electron chi connectivity index (χ1n) is 7.39. The van der Waals surface area contributed by atoms with Crippen LogP contribution in [0.25, 0.3) is 0 Å². The van der Waals surface area contributed by atoms with Crippen LogP contribution in [0.2, 0.25) is 0 Å². The Morgan fingerprint density at radius 2 is 2.04 bits per heavy atom. The minimum Gasteiger partial charge on any atom is -0.495 e. The highest BCUT2D eigenvalue weighted by atomic mass is 16.5. The quantitative estimate of drug-likeness (QED) is 0.854. The van der Waals surface area contributed by atoms with Crippen LogP contribution in [0.15, 0.2) is 41.0 Å². The van der Waals surface area contributed by atoms with E-state index in [0.717, 1.165) is 6.42 Å². The second-order valence-corrected chi connectivity index (χ2v) is 5.15. The van der Waals surface area contributed by atoms with Gasteiger partial charge in [0.05, 0.1) is 19.1 Å². The predicted octanol–water partition coefficient (Wildman–Crippen LogP) is 3.53. The Morgan fingerprint density at radius 3 is 2.65 bits per heavy atom. The van der Waals surface area contributed by atoms with E-state index in [1.807, 2.05) is 13.8 Å². The van der Waals surface area contributed by atoms with Crippen molar-refractivity contribution in [1.29, 1.82) is 0 Å². The zero-order chi connectivity index (χ0) is 16.8. The molecule has 1 heterocycles. The third-order valence-electron chi connectivity index (χ3n) is 3.52. The second kappa shape index (κ2) is 7.49. The number of hydrogen-bond donors (Lipinski definition) is 2. The van der Waals surface area contributed by atoms with Crippen LogP contribution in [0.5, 0.6) is 5.75 Å². The lowest BCUT2D eigenvalue weighted by atomic mass is 10.1. The van der Waals surface area contributed by atoms with Gasteiger partial charge < -0.3 is 19.8 Å². The number of carbonyl (C=O) groups excluding carboxylic acids is 2. The van der Waals surface area contributed by atoms with Gasteiger partial charge in [0.1, 0.15) is 5.75 Å². The maximum atomic E-state index is 12.1. The molecule has 0 radical (unpaired) electrons. The number of furan rings is 1. The van der Waals surface area contributed by atoms with Gasteiger partial charge in [-0.1, -0.05) is 13.8 Å². The zero-order valence-electron chi connectivity index (χ0n) is 13.4. The molecule has 0 unspecified atom stereocenters. The molecule has 23 heavy (non-hydrogen) atoms. The van der Waals surface area contributed by atoms with Gasteiger partial charge in [-0.2, -0.15) is 0 Å². The summed E-state index contributed by atoms with van der Waals surface area (Å²) in [5.41, 5.74) is 1.04. The van der Waals surface area contributed by atoms with E-state index >= 15 is 0 Å². The van der Waals surface area contributed by atoms with Gasteiger partial charge in [0.15, 0.2) is 5.76 Å². The molecule has 0 aliphatic rings. The number of hydrogen-bond acceptors (Lipinski definition) is 4. The fourth-order valence-corrected chi connectivity index (χ4v) is 1.93. The standard InChI is InChI=1S/C17H20N2O4/c1-4-11(2)16(20)18-12-7-8-14(22-3)13(10-12)19-17(21)15-6-5-9-23-15/h5-11H,4H2,1-3H3,(H,18,20)(H,19,21)/t11-/m1/s1. The Kier molecular flexibility index (Phi) is 5.41. The van der Waals surface area contributed by atoms with Crippen molar-refractivity contribution in [2.75, 3.05) is 17.7 Å². The summed E-state index contributed by atoms with van der Waals surface area (Å²) < 4.78 is 10.3. The van der Waals surface area contributed by atoms with Crippen LogP contribution < -0.4 is 15.4 Å². The molecule has 0 saturated carbocycles. The van der Waals surface area contributed by atoms with E-state index in [-0.39, 0.29) is 17.6 Å². The average Bonchev–Trinajstić information content (AvgIpc) is 3.09. The molecule has 0 aliphatic carbocycles. The molecule has 0 fully saturated rings. The lowest BCUT2D eigenvalue weighted by Gasteiger charge is -2.14. The highest BCUT2D eigenvalue weighted by molar-refractivity contribution is 6.03. The first kappa shape index (κ1) is 16.6. The van der Waals surface area contributed by atoms with E-state index in [9.17, 15) is 9.59 Å². The largest absolute Gasteiger partial charge is 0.495 e. The first-order chi connectivity index (χ1) is 11.0. The Hall–Kier alpha value is -2.76. The molecule has 0 aliphatic heterocycles. The fourth-order valence-electron chi connectivity index (χ4n) is 1.93. The molecular weight excluding hydrogens is 296 g/mol. The van der Waals surface area contributed by atoms with Crippen LogP contribution in [-0.2, 0) is 4.79 Å². The second-order valence-electron chi connectivity index (χ2n) is 5.15. The minimum atomic E-state index is -0.390. The third kappa shape index (κ3) is 4.12. The maximum absolute atomic E-state index is 12.1. The molecule has 2 rings (SSSR count). The molecule has 122 valence electrons. The van der Waals surface area contributed by atoms with Gasteiger partial charge in [0.25, 0.3) is 5.91 Å². The lowest BCUT2D eigenvalue weighted by Crippen LogP contribution is -2.20. The van der Waals surface area contributed by atoms with Gasteiger partial charge in [-0.15, -0.1) is 0 Å². The van der Waals surface area contributed by atoms with E-state index < -0.39 is 5.91 Å². The summed E-state index contributed by atoms with van der Waals surface area (Å²) in [6.07, 6.45) is 2.18. The van der Waals surface area contributed by atoms with Crippen molar-refractivity contribution in [3.63, 3.8) is 0 Å². The summed E-state index contributed by atoms with van der Waals surface area (Å²) in [6, 6.07) is 8.26. The number of nitrogens with one attached hydrogen (secondary N) is 2. The highest BCUT2D eigenvalue weighted by Crippen LogP contribution is 2.28. The monoisotopic (exact) mass is 316 g/mol. The predicted molar refractivity (Wildman–Crippen MR) is 87.7 cm³/mol. The van der Waals surface area contributed by atoms with Crippen molar-refractivity contribution < 1.29 is 18.7 Å². The molecule has 0 bridgehead atoms. The van der Waals surface area contributed by atoms with Crippen LogP contribution in [0.4, 0.5) is 11.4 Å². The Morgan fingerprint density at radius 1 is 1.26 bits per heavy atom. The van der Waals surface area contributed by atoms with Gasteiger partial charge in [-0.3, -0.25) is 9.59 Å². The number of ether oxygens (including phenoxy) is 1. The molecule has 6 nitrogen and oxygen atoms in total. The highest BCUT2D eigenvalue weighted by Gasteiger charge is 2.15. The number of carbonyl (C=O) groups is 2. The molecule has 2 amide bonds. The van der Waals surface area contributed by atoms with Crippen molar-refractivity contribution in [3.05, 3.63) is 42.4 Å². The van der Waals surface area contributed by atoms with Gasteiger partial charge in [0, 0.05) is 11.6 Å². The normalized spacial score (nSPS) is 11.6. The molecule has 2 N–H and O–H groups in total. The van der Waals surface area contributed by atoms with Gasteiger partial charge in [-0.05, 0) is 36.8 Å². The van der Waals surface area contributed by atoms with Gasteiger partial charge in [0.2, 0.25) is 5.91 Å². The molecule has 1 atom stereocenters. The van der Waals surface area contributed by atoms with E-state index in [1.165, 1.54) is 13.4 Å². The number of methoxy groups -OCH3 is 1. The molecule has 0 saturated heterocycles. The first-order valence-corrected chi connectivity index (χ1v) is 7.39. The summed E-state index contributed by atoms with van der Waals surface area (Å²) in [4.78, 5) is 24.1. The summed E-state index contributed by atoms with van der Waals surface area (Å²) in [5, 5.41) is 5.53. The van der Waals surface area contributed by atoms with Gasteiger partial charge in [-0.25, -0.2) is 0 Å². The van der Waals surface area contributed by atoms with Gasteiger partial charge >= 0.3 is 0 Å². The van der Waals surface area contributed by atoms with Crippen LogP contribution in [0.1, 0.15) is 30.8 Å². The number of amides is 2. The van der Waals surface area contributed by atoms with E-state index in [4.69, 9.17) is 9.15 Å². The van der Waals surface area contributed by atoms with E-state index in [0.29, 0.717) is 17.1 Å². The summed E-state index contributed by atoms with van der Waals surface area (Å²) in [6.45, 7) is 3.81. The lowest BCUT2D eigenvalue weighted by molar-refractivity contribution is -0.119. The Labute approximate surface area is 134 Å². The van der Waals surface area contributed by atoms with Crippen molar-refractivity contribution in [2.45, 2.75) is 20.3 Å². The summed E-state index contributed by atoms with van der Waals surface area (Å²) in [7, 11) is 1.51. The maximum Gasteiger partial charge on any atom is 0.291 e. The molecule has 6 heteroatoms. The molecule has 2 aromatic rings. The van der Waals surface area contributed by atoms with Crippen LogP contribution >= 0.6 is 0 Å². The van der Waals surface area contributed by atoms with Crippen molar-refractivity contribution in [1.82, 2.24) is 0 Å². The molecule has 0 spiro atoms. The van der Waals surface area contributed by atoms with Crippen LogP contribution in [0.3, 0.4) is 0 Å².